The van der Waals surface area contributed by atoms with Gasteiger partial charge in [0.05, 0.1) is 7.11 Å². The number of Topliss-reactive ketones (excluding diaryl/α,β-unsaturated/α-hetero) is 1. The first-order valence-electron chi connectivity index (χ1n) is 6.83. The molecular weight excluding hydrogens is 260 g/mol. The molecule has 2 nitrogen and oxygen atoms in total. The van der Waals surface area contributed by atoms with Crippen LogP contribution < -0.4 is 4.74 Å². The molecule has 0 aromatic heterocycles. The van der Waals surface area contributed by atoms with Gasteiger partial charge in [-0.1, -0.05) is 48.6 Å². The molecule has 0 unspecified atom stereocenters. The van der Waals surface area contributed by atoms with Gasteiger partial charge >= 0.3 is 0 Å². The Hall–Kier alpha value is -2.61. The van der Waals surface area contributed by atoms with Gasteiger partial charge in [-0.15, -0.1) is 0 Å². The van der Waals surface area contributed by atoms with Crippen molar-refractivity contribution >= 4 is 11.4 Å². The summed E-state index contributed by atoms with van der Waals surface area (Å²) in [7, 11) is 1.61. The van der Waals surface area contributed by atoms with Crippen LogP contribution in [0.15, 0.2) is 72.8 Å². The lowest BCUT2D eigenvalue weighted by atomic mass is 9.96. The highest BCUT2D eigenvalue weighted by Gasteiger charge is 2.13. The molecule has 0 N–H and O–H groups in total. The number of hydrogen-bond donors (Lipinski definition) is 0. The Balaban J connectivity index is 2.39. The maximum Gasteiger partial charge on any atom is 0.193 e. The van der Waals surface area contributed by atoms with Gasteiger partial charge in [-0.2, -0.15) is 0 Å². The molecule has 0 fully saturated rings. The molecule has 21 heavy (non-hydrogen) atoms. The quantitative estimate of drug-likeness (QED) is 0.456. The summed E-state index contributed by atoms with van der Waals surface area (Å²) in [5.74, 6) is 0.743. The van der Waals surface area contributed by atoms with Gasteiger partial charge in [0.1, 0.15) is 5.75 Å². The first-order valence-corrected chi connectivity index (χ1v) is 6.83. The molecule has 0 radical (unpaired) electrons. The Morgan fingerprint density at radius 2 is 1.62 bits per heavy atom. The van der Waals surface area contributed by atoms with Gasteiger partial charge < -0.3 is 4.74 Å². The fourth-order valence-electron chi connectivity index (χ4n) is 2.01. The molecule has 0 amide bonds. The lowest BCUT2D eigenvalue weighted by Gasteiger charge is -2.07. The molecule has 0 atom stereocenters. The van der Waals surface area contributed by atoms with Gasteiger partial charge in [-0.25, -0.2) is 0 Å². The van der Waals surface area contributed by atoms with E-state index >= 15 is 0 Å². The van der Waals surface area contributed by atoms with E-state index in [-0.39, 0.29) is 5.78 Å². The zero-order chi connectivity index (χ0) is 15.1. The topological polar surface area (TPSA) is 26.3 Å². The average molecular weight is 278 g/mol. The highest BCUT2D eigenvalue weighted by molar-refractivity contribution is 6.29. The molecule has 2 aromatic rings. The Morgan fingerprint density at radius 1 is 0.952 bits per heavy atom. The second-order valence-corrected chi connectivity index (χ2v) is 4.53. The standard InChI is InChI=1S/C19H18O2/c1-3-4-10-18(15-8-6-5-7-9-15)19(20)16-11-13-17(21-2)14-12-16/h3-14H,1-2H3/b4-3+,18-10-. The first-order chi connectivity index (χ1) is 10.3. The summed E-state index contributed by atoms with van der Waals surface area (Å²) in [4.78, 5) is 12.7. The molecule has 0 saturated heterocycles. The van der Waals surface area contributed by atoms with E-state index in [2.05, 4.69) is 0 Å². The van der Waals surface area contributed by atoms with E-state index in [1.807, 2.05) is 55.5 Å². The van der Waals surface area contributed by atoms with Crippen molar-refractivity contribution in [2.45, 2.75) is 6.92 Å². The normalized spacial score (nSPS) is 11.6. The number of ether oxygens (including phenoxy) is 1. The van der Waals surface area contributed by atoms with Crippen molar-refractivity contribution in [1.29, 1.82) is 0 Å². The first kappa shape index (κ1) is 14.8. The van der Waals surface area contributed by atoms with Crippen LogP contribution in [0.2, 0.25) is 0 Å². The third kappa shape index (κ3) is 3.69. The van der Waals surface area contributed by atoms with Crippen LogP contribution in [0.3, 0.4) is 0 Å². The molecule has 2 rings (SSSR count). The number of allylic oxidation sites excluding steroid dienone is 4. The fourth-order valence-corrected chi connectivity index (χ4v) is 2.01. The maximum absolute atomic E-state index is 12.7. The van der Waals surface area contributed by atoms with Gasteiger partial charge in [-0.05, 0) is 36.8 Å². The number of carbonyl (C=O) groups excluding carboxylic acids is 1. The Kier molecular flexibility index (Phi) is 5.10. The van der Waals surface area contributed by atoms with E-state index in [1.54, 1.807) is 31.4 Å². The van der Waals surface area contributed by atoms with Gasteiger partial charge in [0.25, 0.3) is 0 Å². The van der Waals surface area contributed by atoms with Crippen molar-refractivity contribution in [3.05, 3.63) is 84.0 Å². The molecular formula is C19H18O2. The lowest BCUT2D eigenvalue weighted by molar-refractivity contribution is 0.105. The molecule has 2 heteroatoms. The Labute approximate surface area is 125 Å². The zero-order valence-electron chi connectivity index (χ0n) is 12.2. The van der Waals surface area contributed by atoms with Crippen molar-refractivity contribution in [3.8, 4) is 5.75 Å². The van der Waals surface area contributed by atoms with Crippen molar-refractivity contribution in [3.63, 3.8) is 0 Å². The minimum absolute atomic E-state index is 0.00181. The number of rotatable bonds is 5. The van der Waals surface area contributed by atoms with Gasteiger partial charge in [0.2, 0.25) is 0 Å². The van der Waals surface area contributed by atoms with Crippen LogP contribution in [0.4, 0.5) is 0 Å². The molecule has 0 heterocycles. The predicted molar refractivity (Wildman–Crippen MR) is 86.6 cm³/mol. The third-order valence-electron chi connectivity index (χ3n) is 3.14. The van der Waals surface area contributed by atoms with Gasteiger partial charge in [0, 0.05) is 11.1 Å². The molecule has 0 spiro atoms. The molecule has 0 bridgehead atoms. The summed E-state index contributed by atoms with van der Waals surface area (Å²) in [6.07, 6.45) is 5.63. The molecule has 0 saturated carbocycles. The smallest absolute Gasteiger partial charge is 0.193 e. The van der Waals surface area contributed by atoms with Crippen LogP contribution >= 0.6 is 0 Å². The monoisotopic (exact) mass is 278 g/mol. The van der Waals surface area contributed by atoms with E-state index < -0.39 is 0 Å². The number of hydrogen-bond acceptors (Lipinski definition) is 2. The van der Waals surface area contributed by atoms with E-state index in [0.717, 1.165) is 11.3 Å². The largest absolute Gasteiger partial charge is 0.497 e. The maximum atomic E-state index is 12.7. The second-order valence-electron chi connectivity index (χ2n) is 4.53. The molecule has 0 aliphatic rings. The van der Waals surface area contributed by atoms with E-state index in [9.17, 15) is 4.79 Å². The Bertz CT molecular complexity index is 650. The van der Waals surface area contributed by atoms with Crippen LogP contribution in [0.5, 0.6) is 5.75 Å². The van der Waals surface area contributed by atoms with E-state index in [4.69, 9.17) is 4.74 Å². The second kappa shape index (κ2) is 7.25. The highest BCUT2D eigenvalue weighted by atomic mass is 16.5. The van der Waals surface area contributed by atoms with Crippen LogP contribution in [0, 0.1) is 0 Å². The van der Waals surface area contributed by atoms with Crippen molar-refractivity contribution in [2.75, 3.05) is 7.11 Å². The average Bonchev–Trinajstić information content (AvgIpc) is 2.56. The SMILES string of the molecule is C/C=C/C=C(\C(=O)c1ccc(OC)cc1)c1ccccc1. The summed E-state index contributed by atoms with van der Waals surface area (Å²) in [6, 6.07) is 16.8. The summed E-state index contributed by atoms with van der Waals surface area (Å²) < 4.78 is 5.12. The van der Waals surface area contributed by atoms with Gasteiger partial charge in [0.15, 0.2) is 5.78 Å². The molecule has 2 aromatic carbocycles. The number of carbonyl (C=O) groups is 1. The summed E-state index contributed by atoms with van der Waals surface area (Å²) >= 11 is 0. The van der Waals surface area contributed by atoms with Crippen molar-refractivity contribution in [1.82, 2.24) is 0 Å². The highest BCUT2D eigenvalue weighted by Crippen LogP contribution is 2.21. The number of benzene rings is 2. The predicted octanol–water partition coefficient (Wildman–Crippen LogP) is 4.54. The molecule has 106 valence electrons. The van der Waals surface area contributed by atoms with E-state index in [0.29, 0.717) is 11.1 Å². The van der Waals surface area contributed by atoms with Gasteiger partial charge in [-0.3, -0.25) is 4.79 Å². The van der Waals surface area contributed by atoms with Crippen LogP contribution in [0.1, 0.15) is 22.8 Å². The third-order valence-corrected chi connectivity index (χ3v) is 3.14. The summed E-state index contributed by atoms with van der Waals surface area (Å²) in [5.41, 5.74) is 2.24. The minimum atomic E-state index is 0.00181. The number of ketones is 1. The van der Waals surface area contributed by atoms with Crippen molar-refractivity contribution < 1.29 is 9.53 Å². The minimum Gasteiger partial charge on any atom is -0.497 e. The van der Waals surface area contributed by atoms with Crippen LogP contribution in [-0.2, 0) is 0 Å². The number of methoxy groups -OCH3 is 1. The van der Waals surface area contributed by atoms with E-state index in [1.165, 1.54) is 0 Å². The van der Waals surface area contributed by atoms with Crippen molar-refractivity contribution in [2.24, 2.45) is 0 Å². The summed E-state index contributed by atoms with van der Waals surface area (Å²) in [6.45, 7) is 1.93. The summed E-state index contributed by atoms with van der Waals surface area (Å²) in [5, 5.41) is 0. The van der Waals surface area contributed by atoms with Crippen LogP contribution in [0.25, 0.3) is 5.57 Å². The van der Waals surface area contributed by atoms with Crippen LogP contribution in [-0.4, -0.2) is 12.9 Å². The zero-order valence-corrected chi connectivity index (χ0v) is 12.2. The fraction of sp³-hybridized carbons (Fsp3) is 0.105. The lowest BCUT2D eigenvalue weighted by Crippen LogP contribution is -2.02. The molecule has 0 aliphatic carbocycles. The molecule has 0 aliphatic heterocycles. The Morgan fingerprint density at radius 3 is 2.19 bits per heavy atom.